The smallest absolute Gasteiger partial charge is 0.303 e. The molecule has 0 aliphatic heterocycles. The zero-order valence-corrected chi connectivity index (χ0v) is 19.6. The molecule has 0 amide bonds. The summed E-state index contributed by atoms with van der Waals surface area (Å²) < 4.78 is 0. The molecule has 0 aromatic carbocycles. The first-order valence-corrected chi connectivity index (χ1v) is 12.0. The van der Waals surface area contributed by atoms with Gasteiger partial charge in [-0.05, 0) is 25.4 Å². The van der Waals surface area contributed by atoms with Gasteiger partial charge in [0.1, 0.15) is 0 Å². The molecule has 0 saturated heterocycles. The van der Waals surface area contributed by atoms with E-state index in [-0.39, 0.29) is 6.61 Å². The number of aliphatic hydroxyl groups excluding tert-OH is 1. The molecule has 0 aliphatic rings. The fourth-order valence-corrected chi connectivity index (χ4v) is 3.28. The Morgan fingerprint density at radius 1 is 0.750 bits per heavy atom. The zero-order valence-electron chi connectivity index (χ0n) is 19.6. The second-order valence-corrected chi connectivity index (χ2v) is 8.32. The van der Waals surface area contributed by atoms with Crippen molar-refractivity contribution in [1.82, 2.24) is 4.90 Å². The molecule has 0 atom stereocenters. The predicted molar refractivity (Wildman–Crippen MR) is 122 cm³/mol. The number of aliphatic carboxylic acids is 1. The van der Waals surface area contributed by atoms with Crippen LogP contribution < -0.4 is 0 Å². The summed E-state index contributed by atoms with van der Waals surface area (Å²) in [7, 11) is 0. The van der Waals surface area contributed by atoms with E-state index in [1.54, 1.807) is 0 Å². The number of rotatable bonds is 19. The van der Waals surface area contributed by atoms with Crippen LogP contribution in [0.25, 0.3) is 0 Å². The molecule has 0 aliphatic carbocycles. The maximum absolute atomic E-state index is 10.3. The molecular formula is C24H51NO3. The van der Waals surface area contributed by atoms with Crippen molar-refractivity contribution in [3.05, 3.63) is 0 Å². The Hall–Kier alpha value is -0.610. The van der Waals surface area contributed by atoms with E-state index < -0.39 is 5.97 Å². The molecule has 4 heteroatoms. The van der Waals surface area contributed by atoms with Crippen molar-refractivity contribution in [1.29, 1.82) is 0 Å². The number of likely N-dealkylation sites (N-methyl/N-ethyl adjacent to an activating group) is 1. The van der Waals surface area contributed by atoms with Crippen LogP contribution in [0.1, 0.15) is 118 Å². The minimum Gasteiger partial charge on any atom is -0.481 e. The van der Waals surface area contributed by atoms with Crippen molar-refractivity contribution in [3.8, 4) is 0 Å². The normalized spacial score (nSPS) is 11.0. The Bertz CT molecular complexity index is 304. The molecule has 0 aromatic heterocycles. The van der Waals surface area contributed by atoms with Crippen molar-refractivity contribution in [2.75, 3.05) is 26.2 Å². The van der Waals surface area contributed by atoms with Crippen molar-refractivity contribution in [3.63, 3.8) is 0 Å². The maximum Gasteiger partial charge on any atom is 0.303 e. The second kappa shape index (κ2) is 24.4. The monoisotopic (exact) mass is 401 g/mol. The first-order chi connectivity index (χ1) is 13.5. The van der Waals surface area contributed by atoms with Gasteiger partial charge in [-0.15, -0.1) is 0 Å². The summed E-state index contributed by atoms with van der Waals surface area (Å²) in [6, 6.07) is 0. The number of hydrogen-bond acceptors (Lipinski definition) is 3. The molecule has 0 heterocycles. The summed E-state index contributed by atoms with van der Waals surface area (Å²) in [6.45, 7) is 12.0. The lowest BCUT2D eigenvalue weighted by molar-refractivity contribution is -0.137. The van der Waals surface area contributed by atoms with E-state index >= 15 is 0 Å². The molecule has 0 radical (unpaired) electrons. The van der Waals surface area contributed by atoms with Gasteiger partial charge in [0.2, 0.25) is 0 Å². The number of unbranched alkanes of at least 4 members (excludes halogenated alkanes) is 11. The van der Waals surface area contributed by atoms with Crippen LogP contribution in [0, 0.1) is 5.92 Å². The van der Waals surface area contributed by atoms with Gasteiger partial charge in [0, 0.05) is 13.0 Å². The van der Waals surface area contributed by atoms with Crippen LogP contribution in [0.2, 0.25) is 0 Å². The molecule has 0 aromatic rings. The fourth-order valence-electron chi connectivity index (χ4n) is 3.28. The molecular weight excluding hydrogens is 350 g/mol. The van der Waals surface area contributed by atoms with E-state index in [2.05, 4.69) is 32.6 Å². The van der Waals surface area contributed by atoms with Crippen LogP contribution in [0.5, 0.6) is 0 Å². The summed E-state index contributed by atoms with van der Waals surface area (Å²) in [6.07, 6.45) is 17.3. The molecule has 0 unspecified atom stereocenters. The lowest BCUT2D eigenvalue weighted by atomic mass is 10.0. The van der Waals surface area contributed by atoms with Crippen molar-refractivity contribution in [2.45, 2.75) is 118 Å². The first kappa shape index (κ1) is 29.6. The van der Waals surface area contributed by atoms with Crippen LogP contribution in [0.15, 0.2) is 0 Å². The molecule has 0 spiro atoms. The third-order valence-corrected chi connectivity index (χ3v) is 5.23. The third kappa shape index (κ3) is 27.6. The van der Waals surface area contributed by atoms with Gasteiger partial charge in [-0.2, -0.15) is 0 Å². The molecule has 2 N–H and O–H groups in total. The van der Waals surface area contributed by atoms with Gasteiger partial charge < -0.3 is 15.1 Å². The van der Waals surface area contributed by atoms with Crippen LogP contribution >= 0.6 is 0 Å². The molecule has 4 nitrogen and oxygen atoms in total. The fraction of sp³-hybridized carbons (Fsp3) is 0.958. The zero-order chi connectivity index (χ0) is 21.5. The average Bonchev–Trinajstić information content (AvgIpc) is 2.66. The summed E-state index contributed by atoms with van der Waals surface area (Å²) in [5.41, 5.74) is 0. The van der Waals surface area contributed by atoms with E-state index in [4.69, 9.17) is 10.2 Å². The molecule has 0 rings (SSSR count). The summed E-state index contributed by atoms with van der Waals surface area (Å²) in [4.78, 5) is 12.5. The highest BCUT2D eigenvalue weighted by Crippen LogP contribution is 2.14. The highest BCUT2D eigenvalue weighted by atomic mass is 16.4. The summed E-state index contributed by atoms with van der Waals surface area (Å²) in [5, 5.41) is 17.0. The summed E-state index contributed by atoms with van der Waals surface area (Å²) >= 11 is 0. The number of carbonyl (C=O) groups is 1. The van der Waals surface area contributed by atoms with E-state index in [9.17, 15) is 4.79 Å². The van der Waals surface area contributed by atoms with Gasteiger partial charge in [-0.3, -0.25) is 4.79 Å². The molecule has 28 heavy (non-hydrogen) atoms. The number of aliphatic hydroxyl groups is 1. The van der Waals surface area contributed by atoms with Crippen LogP contribution in [-0.4, -0.2) is 47.3 Å². The Morgan fingerprint density at radius 2 is 1.14 bits per heavy atom. The van der Waals surface area contributed by atoms with E-state index in [0.29, 0.717) is 6.42 Å². The Balaban J connectivity index is 0. The molecule has 0 fully saturated rings. The van der Waals surface area contributed by atoms with E-state index in [1.807, 2.05) is 0 Å². The van der Waals surface area contributed by atoms with Crippen LogP contribution in [0.4, 0.5) is 0 Å². The van der Waals surface area contributed by atoms with Crippen molar-refractivity contribution < 1.29 is 15.0 Å². The topological polar surface area (TPSA) is 60.8 Å². The first-order valence-electron chi connectivity index (χ1n) is 12.0. The quantitative estimate of drug-likeness (QED) is 0.242. The van der Waals surface area contributed by atoms with Crippen molar-refractivity contribution in [2.24, 2.45) is 5.92 Å². The highest BCUT2D eigenvalue weighted by molar-refractivity contribution is 5.66. The maximum atomic E-state index is 10.3. The summed E-state index contributed by atoms with van der Waals surface area (Å²) in [5.74, 6) is 0.212. The second-order valence-electron chi connectivity index (χ2n) is 8.32. The predicted octanol–water partition coefficient (Wildman–Crippen LogP) is 6.51. The largest absolute Gasteiger partial charge is 0.481 e. The Kier molecular flexibility index (Phi) is 25.8. The molecule has 0 saturated carbocycles. The lowest BCUT2D eigenvalue weighted by Crippen LogP contribution is -2.25. The number of nitrogens with zero attached hydrogens (tertiary/aromatic N) is 1. The average molecular weight is 402 g/mol. The lowest BCUT2D eigenvalue weighted by Gasteiger charge is -2.15. The minimum atomic E-state index is -0.654. The van der Waals surface area contributed by atoms with Crippen molar-refractivity contribution >= 4 is 5.97 Å². The Morgan fingerprint density at radius 3 is 1.43 bits per heavy atom. The molecule has 170 valence electrons. The van der Waals surface area contributed by atoms with Gasteiger partial charge in [-0.25, -0.2) is 0 Å². The number of hydrogen-bond donors (Lipinski definition) is 2. The van der Waals surface area contributed by atoms with E-state index in [1.165, 1.54) is 70.6 Å². The van der Waals surface area contributed by atoms with Gasteiger partial charge in [-0.1, -0.05) is 105 Å². The van der Waals surface area contributed by atoms with Gasteiger partial charge in [0.15, 0.2) is 0 Å². The molecule has 0 bridgehead atoms. The minimum absolute atomic E-state index is 0.279. The number of carboxylic acids is 1. The van der Waals surface area contributed by atoms with E-state index in [0.717, 1.165) is 38.4 Å². The SMILES string of the molecule is CC(C)CCCCCCCCCCCCCCC(=O)O.CCN(CC)CCO. The number of carboxylic acid groups (broad SMARTS) is 1. The van der Waals surface area contributed by atoms with Gasteiger partial charge in [0.05, 0.1) is 6.61 Å². The highest BCUT2D eigenvalue weighted by Gasteiger charge is 1.97. The Labute approximate surface area is 176 Å². The third-order valence-electron chi connectivity index (χ3n) is 5.23. The van der Waals surface area contributed by atoms with Crippen LogP contribution in [0.3, 0.4) is 0 Å². The standard InChI is InChI=1S/C18H36O2.C6H15NO/c1-17(2)15-13-11-9-7-5-3-4-6-8-10-12-14-16-18(19)20;1-3-7(4-2)5-6-8/h17H,3-16H2,1-2H3,(H,19,20);8H,3-6H2,1-2H3. The van der Waals surface area contributed by atoms with Gasteiger partial charge >= 0.3 is 5.97 Å². The van der Waals surface area contributed by atoms with Crippen LogP contribution in [-0.2, 0) is 4.79 Å². The van der Waals surface area contributed by atoms with Gasteiger partial charge in [0.25, 0.3) is 0 Å².